The molecule has 0 radical (unpaired) electrons. The van der Waals surface area contributed by atoms with Crippen LogP contribution in [0.4, 0.5) is 5.69 Å². The minimum atomic E-state index is -0.645. The third-order valence-corrected chi connectivity index (χ3v) is 3.65. The van der Waals surface area contributed by atoms with Crippen LogP contribution >= 0.6 is 15.9 Å². The molecule has 0 saturated carbocycles. The number of anilines is 1. The number of nitrogens with one attached hydrogen (secondary N) is 2. The topological polar surface area (TPSA) is 101 Å². The maximum atomic E-state index is 12.3. The summed E-state index contributed by atoms with van der Waals surface area (Å²) in [7, 11) is 0. The van der Waals surface area contributed by atoms with E-state index in [1.54, 1.807) is 48.5 Å². The summed E-state index contributed by atoms with van der Waals surface area (Å²) in [6.07, 6.45) is 0. The van der Waals surface area contributed by atoms with E-state index in [1.807, 2.05) is 0 Å². The number of rotatable bonds is 5. The highest BCUT2D eigenvalue weighted by Crippen LogP contribution is 2.20. The number of hydrogen-bond acceptors (Lipinski definition) is 3. The van der Waals surface area contributed by atoms with Crippen molar-refractivity contribution in [3.63, 3.8) is 0 Å². The van der Waals surface area contributed by atoms with E-state index >= 15 is 0 Å². The standard InChI is InChI=1S/C16H14BrN3O3/c17-12-7-3-1-5-10(12)16(23)20-13-8-4-2-6-11(13)15(22)19-9-14(18)21/h1-8H,9H2,(H2,18,21)(H,19,22)(H,20,23). The molecular formula is C16H14BrN3O3. The van der Waals surface area contributed by atoms with Gasteiger partial charge in [-0.15, -0.1) is 0 Å². The molecule has 0 aromatic heterocycles. The number of para-hydroxylation sites is 1. The van der Waals surface area contributed by atoms with E-state index < -0.39 is 11.8 Å². The lowest BCUT2D eigenvalue weighted by atomic mass is 10.1. The van der Waals surface area contributed by atoms with Gasteiger partial charge < -0.3 is 16.4 Å². The first-order valence-electron chi connectivity index (χ1n) is 6.70. The SMILES string of the molecule is NC(=O)CNC(=O)c1ccccc1NC(=O)c1ccccc1Br. The molecule has 6 nitrogen and oxygen atoms in total. The van der Waals surface area contributed by atoms with Crippen LogP contribution in [0, 0.1) is 0 Å². The Morgan fingerprint density at radius 3 is 2.17 bits per heavy atom. The Balaban J connectivity index is 2.20. The van der Waals surface area contributed by atoms with Crippen molar-refractivity contribution in [2.45, 2.75) is 0 Å². The van der Waals surface area contributed by atoms with Crippen molar-refractivity contribution >= 4 is 39.3 Å². The van der Waals surface area contributed by atoms with Crippen LogP contribution in [0.3, 0.4) is 0 Å². The molecule has 0 unspecified atom stereocenters. The first kappa shape index (κ1) is 16.7. The summed E-state index contributed by atoms with van der Waals surface area (Å²) in [6.45, 7) is -0.272. The van der Waals surface area contributed by atoms with Crippen LogP contribution in [0.25, 0.3) is 0 Å². The zero-order chi connectivity index (χ0) is 16.8. The largest absolute Gasteiger partial charge is 0.368 e. The van der Waals surface area contributed by atoms with E-state index in [0.29, 0.717) is 15.7 Å². The fourth-order valence-electron chi connectivity index (χ4n) is 1.89. The van der Waals surface area contributed by atoms with Gasteiger partial charge in [-0.05, 0) is 40.2 Å². The molecule has 0 aliphatic heterocycles. The summed E-state index contributed by atoms with van der Waals surface area (Å²) in [6, 6.07) is 13.5. The van der Waals surface area contributed by atoms with Gasteiger partial charge in [-0.3, -0.25) is 14.4 Å². The van der Waals surface area contributed by atoms with Crippen molar-refractivity contribution in [2.24, 2.45) is 5.73 Å². The van der Waals surface area contributed by atoms with E-state index in [9.17, 15) is 14.4 Å². The Bertz CT molecular complexity index is 762. The number of halogens is 1. The highest BCUT2D eigenvalue weighted by atomic mass is 79.9. The van der Waals surface area contributed by atoms with Crippen molar-refractivity contribution in [3.8, 4) is 0 Å². The summed E-state index contributed by atoms with van der Waals surface area (Å²) in [5, 5.41) is 5.08. The smallest absolute Gasteiger partial charge is 0.256 e. The lowest BCUT2D eigenvalue weighted by molar-refractivity contribution is -0.117. The van der Waals surface area contributed by atoms with Crippen molar-refractivity contribution in [1.82, 2.24) is 5.32 Å². The number of hydrogen-bond donors (Lipinski definition) is 3. The van der Waals surface area contributed by atoms with Crippen LogP contribution in [-0.4, -0.2) is 24.3 Å². The predicted molar refractivity (Wildman–Crippen MR) is 90.1 cm³/mol. The maximum Gasteiger partial charge on any atom is 0.256 e. The van der Waals surface area contributed by atoms with Gasteiger partial charge in [0.2, 0.25) is 5.91 Å². The number of primary amides is 1. The summed E-state index contributed by atoms with van der Waals surface area (Å²) < 4.78 is 0.646. The van der Waals surface area contributed by atoms with Crippen LogP contribution in [0.5, 0.6) is 0 Å². The van der Waals surface area contributed by atoms with Gasteiger partial charge in [0, 0.05) is 4.47 Å². The monoisotopic (exact) mass is 375 g/mol. The molecule has 0 bridgehead atoms. The molecule has 0 saturated heterocycles. The number of amides is 3. The molecule has 2 aromatic rings. The third kappa shape index (κ3) is 4.40. The minimum Gasteiger partial charge on any atom is -0.368 e. The molecule has 2 rings (SSSR count). The second-order valence-corrected chi connectivity index (χ2v) is 5.48. The van der Waals surface area contributed by atoms with Gasteiger partial charge in [-0.1, -0.05) is 24.3 Å². The lowest BCUT2D eigenvalue weighted by Crippen LogP contribution is -2.33. The molecule has 0 aliphatic rings. The second kappa shape index (κ2) is 7.55. The van der Waals surface area contributed by atoms with Crippen molar-refractivity contribution in [2.75, 3.05) is 11.9 Å². The van der Waals surface area contributed by atoms with Crippen molar-refractivity contribution in [3.05, 3.63) is 64.1 Å². The van der Waals surface area contributed by atoms with Gasteiger partial charge in [-0.25, -0.2) is 0 Å². The van der Waals surface area contributed by atoms with Gasteiger partial charge in [0.05, 0.1) is 23.4 Å². The predicted octanol–water partition coefficient (Wildman–Crippen LogP) is 1.92. The molecule has 4 N–H and O–H groups in total. The zero-order valence-corrected chi connectivity index (χ0v) is 13.6. The molecular weight excluding hydrogens is 362 g/mol. The van der Waals surface area contributed by atoms with Gasteiger partial charge in [0.25, 0.3) is 11.8 Å². The van der Waals surface area contributed by atoms with Crippen LogP contribution in [0.2, 0.25) is 0 Å². The van der Waals surface area contributed by atoms with Crippen molar-refractivity contribution in [1.29, 1.82) is 0 Å². The molecule has 0 aliphatic carbocycles. The maximum absolute atomic E-state index is 12.3. The quantitative estimate of drug-likeness (QED) is 0.743. The molecule has 3 amide bonds. The van der Waals surface area contributed by atoms with Crippen LogP contribution in [0.15, 0.2) is 53.0 Å². The Morgan fingerprint density at radius 1 is 0.913 bits per heavy atom. The Hall–Kier alpha value is -2.67. The number of nitrogens with two attached hydrogens (primary N) is 1. The van der Waals surface area contributed by atoms with E-state index in [-0.39, 0.29) is 18.0 Å². The molecule has 7 heteroatoms. The Kier molecular flexibility index (Phi) is 5.48. The molecule has 0 spiro atoms. The molecule has 0 fully saturated rings. The molecule has 118 valence electrons. The van der Waals surface area contributed by atoms with Gasteiger partial charge in [0.1, 0.15) is 0 Å². The number of carbonyl (C=O) groups excluding carboxylic acids is 3. The minimum absolute atomic E-state index is 0.245. The first-order valence-corrected chi connectivity index (χ1v) is 7.49. The Morgan fingerprint density at radius 2 is 1.52 bits per heavy atom. The van der Waals surface area contributed by atoms with Gasteiger partial charge in [0.15, 0.2) is 0 Å². The lowest BCUT2D eigenvalue weighted by Gasteiger charge is -2.11. The van der Waals surface area contributed by atoms with E-state index in [2.05, 4.69) is 26.6 Å². The number of benzene rings is 2. The van der Waals surface area contributed by atoms with E-state index in [0.717, 1.165) is 0 Å². The summed E-state index contributed by atoms with van der Waals surface area (Å²) in [5.41, 5.74) is 6.03. The third-order valence-electron chi connectivity index (χ3n) is 2.96. The zero-order valence-electron chi connectivity index (χ0n) is 12.0. The molecule has 23 heavy (non-hydrogen) atoms. The molecule has 0 atom stereocenters. The molecule has 0 heterocycles. The van der Waals surface area contributed by atoms with Crippen LogP contribution in [0.1, 0.15) is 20.7 Å². The second-order valence-electron chi connectivity index (χ2n) is 4.63. The molecule has 2 aromatic carbocycles. The average molecular weight is 376 g/mol. The van der Waals surface area contributed by atoms with E-state index in [4.69, 9.17) is 5.73 Å². The fraction of sp³-hybridized carbons (Fsp3) is 0.0625. The highest BCUT2D eigenvalue weighted by Gasteiger charge is 2.15. The average Bonchev–Trinajstić information content (AvgIpc) is 2.53. The normalized spacial score (nSPS) is 9.96. The van der Waals surface area contributed by atoms with Crippen LogP contribution < -0.4 is 16.4 Å². The first-order chi connectivity index (χ1) is 11.0. The van der Waals surface area contributed by atoms with Crippen LogP contribution in [-0.2, 0) is 4.79 Å². The summed E-state index contributed by atoms with van der Waals surface area (Å²) in [4.78, 5) is 35.2. The van der Waals surface area contributed by atoms with Gasteiger partial charge in [-0.2, -0.15) is 0 Å². The highest BCUT2D eigenvalue weighted by molar-refractivity contribution is 9.10. The van der Waals surface area contributed by atoms with Gasteiger partial charge >= 0.3 is 0 Å². The number of carbonyl (C=O) groups is 3. The Labute approximate surface area is 141 Å². The van der Waals surface area contributed by atoms with Crippen molar-refractivity contribution < 1.29 is 14.4 Å². The fourth-order valence-corrected chi connectivity index (χ4v) is 2.35. The van der Waals surface area contributed by atoms with E-state index in [1.165, 1.54) is 0 Å². The summed E-state index contributed by atoms with van der Waals surface area (Å²) in [5.74, 6) is -1.49. The summed E-state index contributed by atoms with van der Waals surface area (Å²) >= 11 is 3.31.